The van der Waals surface area contributed by atoms with Crippen LogP contribution in [0.2, 0.25) is 0 Å². The molecule has 0 saturated heterocycles. The quantitative estimate of drug-likeness (QED) is 0.298. The van der Waals surface area contributed by atoms with E-state index in [1.165, 1.54) is 12.1 Å². The molecule has 11 heteroatoms. The molecule has 0 fully saturated rings. The van der Waals surface area contributed by atoms with E-state index in [1.807, 2.05) is 0 Å². The van der Waals surface area contributed by atoms with Crippen molar-refractivity contribution < 1.29 is 39.0 Å². The molecule has 0 aliphatic carbocycles. The number of hydrogen-bond acceptors (Lipinski definition) is 7. The van der Waals surface area contributed by atoms with Crippen molar-refractivity contribution in [3.05, 3.63) is 35.9 Å². The first-order valence-corrected chi connectivity index (χ1v) is 7.79. The SMILES string of the molecule is O=C(O)CNC(=O)CC[C@H](NOC(=O)c1ccccc1)C(=O)NCC(=O)O. The Morgan fingerprint density at radius 3 is 2.11 bits per heavy atom. The predicted octanol–water partition coefficient (Wildman–Crippen LogP) is -1.10. The topological polar surface area (TPSA) is 171 Å². The molecule has 0 radical (unpaired) electrons. The molecule has 1 aromatic carbocycles. The van der Waals surface area contributed by atoms with Crippen LogP contribution in [0.3, 0.4) is 0 Å². The highest BCUT2D eigenvalue weighted by atomic mass is 16.7. The van der Waals surface area contributed by atoms with Crippen LogP contribution in [-0.4, -0.2) is 59.1 Å². The summed E-state index contributed by atoms with van der Waals surface area (Å²) in [5, 5.41) is 21.3. The molecule has 1 atom stereocenters. The van der Waals surface area contributed by atoms with Crippen molar-refractivity contribution in [1.29, 1.82) is 0 Å². The van der Waals surface area contributed by atoms with E-state index in [9.17, 15) is 24.0 Å². The van der Waals surface area contributed by atoms with Crippen LogP contribution < -0.4 is 16.1 Å². The Balaban J connectivity index is 2.62. The molecule has 27 heavy (non-hydrogen) atoms. The lowest BCUT2D eigenvalue weighted by Gasteiger charge is -2.17. The molecule has 5 N–H and O–H groups in total. The van der Waals surface area contributed by atoms with Crippen LogP contribution in [0.25, 0.3) is 0 Å². The first kappa shape index (κ1) is 21.6. The van der Waals surface area contributed by atoms with Gasteiger partial charge in [0.1, 0.15) is 19.1 Å². The van der Waals surface area contributed by atoms with Gasteiger partial charge in [0, 0.05) is 6.42 Å². The van der Waals surface area contributed by atoms with Crippen molar-refractivity contribution in [2.75, 3.05) is 13.1 Å². The number of aliphatic carboxylic acids is 2. The summed E-state index contributed by atoms with van der Waals surface area (Å²) in [6.07, 6.45) is -0.423. The summed E-state index contributed by atoms with van der Waals surface area (Å²) >= 11 is 0. The van der Waals surface area contributed by atoms with Crippen molar-refractivity contribution in [1.82, 2.24) is 16.1 Å². The second-order valence-electron chi connectivity index (χ2n) is 5.25. The van der Waals surface area contributed by atoms with E-state index in [4.69, 9.17) is 15.1 Å². The van der Waals surface area contributed by atoms with E-state index in [-0.39, 0.29) is 18.4 Å². The second-order valence-corrected chi connectivity index (χ2v) is 5.25. The third-order valence-corrected chi connectivity index (χ3v) is 3.13. The Kier molecular flexibility index (Phi) is 8.95. The Hall–Kier alpha value is -3.47. The summed E-state index contributed by atoms with van der Waals surface area (Å²) in [6, 6.07) is 6.68. The van der Waals surface area contributed by atoms with Crippen molar-refractivity contribution in [2.24, 2.45) is 0 Å². The zero-order valence-electron chi connectivity index (χ0n) is 14.1. The highest BCUT2D eigenvalue weighted by Gasteiger charge is 2.22. The summed E-state index contributed by atoms with van der Waals surface area (Å²) in [5.74, 6) is -4.72. The summed E-state index contributed by atoms with van der Waals surface area (Å²) in [6.45, 7) is -1.24. The van der Waals surface area contributed by atoms with Crippen LogP contribution in [0, 0.1) is 0 Å². The van der Waals surface area contributed by atoms with Gasteiger partial charge in [0.05, 0.1) is 5.56 Å². The number of hydrogen-bond donors (Lipinski definition) is 5. The van der Waals surface area contributed by atoms with Gasteiger partial charge in [-0.15, -0.1) is 5.48 Å². The van der Waals surface area contributed by atoms with Crippen molar-refractivity contribution in [3.63, 3.8) is 0 Å². The Morgan fingerprint density at radius 1 is 0.926 bits per heavy atom. The molecule has 0 aliphatic rings. The van der Waals surface area contributed by atoms with Crippen molar-refractivity contribution in [2.45, 2.75) is 18.9 Å². The van der Waals surface area contributed by atoms with Crippen LogP contribution in [-0.2, 0) is 24.0 Å². The van der Waals surface area contributed by atoms with E-state index in [1.54, 1.807) is 18.2 Å². The van der Waals surface area contributed by atoms with Gasteiger partial charge in [-0.25, -0.2) is 4.79 Å². The fourth-order valence-electron chi connectivity index (χ4n) is 1.83. The molecular formula is C16H19N3O8. The average molecular weight is 381 g/mol. The van der Waals surface area contributed by atoms with E-state index < -0.39 is 48.9 Å². The fourth-order valence-corrected chi connectivity index (χ4v) is 1.83. The summed E-state index contributed by atoms with van der Waals surface area (Å²) in [7, 11) is 0. The maximum Gasteiger partial charge on any atom is 0.356 e. The van der Waals surface area contributed by atoms with Gasteiger partial charge < -0.3 is 25.7 Å². The lowest BCUT2D eigenvalue weighted by atomic mass is 10.1. The van der Waals surface area contributed by atoms with E-state index in [2.05, 4.69) is 16.1 Å². The van der Waals surface area contributed by atoms with Crippen molar-refractivity contribution >= 4 is 29.7 Å². The number of rotatable bonds is 11. The molecule has 1 rings (SSSR count). The Morgan fingerprint density at radius 2 is 1.52 bits per heavy atom. The summed E-state index contributed by atoms with van der Waals surface area (Å²) in [5.41, 5.74) is 2.43. The molecule has 0 bridgehead atoms. The number of carboxylic acid groups (broad SMARTS) is 2. The molecule has 2 amide bonds. The van der Waals surface area contributed by atoms with Crippen LogP contribution >= 0.6 is 0 Å². The highest BCUT2D eigenvalue weighted by molar-refractivity contribution is 5.90. The molecule has 0 heterocycles. The number of carboxylic acids is 2. The molecule has 0 saturated carbocycles. The Labute approximate surface area is 153 Å². The van der Waals surface area contributed by atoms with E-state index >= 15 is 0 Å². The van der Waals surface area contributed by atoms with Crippen LogP contribution in [0.15, 0.2) is 30.3 Å². The first-order valence-electron chi connectivity index (χ1n) is 7.79. The normalized spacial score (nSPS) is 11.1. The second kappa shape index (κ2) is 11.2. The van der Waals surface area contributed by atoms with Gasteiger partial charge in [0.2, 0.25) is 11.8 Å². The minimum Gasteiger partial charge on any atom is -0.480 e. The number of hydroxylamine groups is 1. The van der Waals surface area contributed by atoms with Crippen LogP contribution in [0.4, 0.5) is 0 Å². The fraction of sp³-hybridized carbons (Fsp3) is 0.312. The molecule has 1 aromatic rings. The van der Waals surface area contributed by atoms with Gasteiger partial charge >= 0.3 is 17.9 Å². The molecule has 0 aromatic heterocycles. The molecule has 0 unspecified atom stereocenters. The number of nitrogens with one attached hydrogen (secondary N) is 3. The van der Waals surface area contributed by atoms with Gasteiger partial charge in [-0.3, -0.25) is 19.2 Å². The highest BCUT2D eigenvalue weighted by Crippen LogP contribution is 2.03. The zero-order valence-corrected chi connectivity index (χ0v) is 14.1. The molecule has 0 spiro atoms. The van der Waals surface area contributed by atoms with Crippen molar-refractivity contribution in [3.8, 4) is 0 Å². The molecular weight excluding hydrogens is 362 g/mol. The lowest BCUT2D eigenvalue weighted by molar-refractivity contribution is -0.139. The smallest absolute Gasteiger partial charge is 0.356 e. The average Bonchev–Trinajstić information content (AvgIpc) is 2.64. The van der Waals surface area contributed by atoms with Gasteiger partial charge in [-0.1, -0.05) is 18.2 Å². The van der Waals surface area contributed by atoms with E-state index in [0.29, 0.717) is 0 Å². The maximum atomic E-state index is 12.0. The Bertz CT molecular complexity index is 692. The van der Waals surface area contributed by atoms with Crippen LogP contribution in [0.5, 0.6) is 0 Å². The number of carbonyl (C=O) groups excluding carboxylic acids is 3. The largest absolute Gasteiger partial charge is 0.480 e. The molecule has 0 aliphatic heterocycles. The van der Waals surface area contributed by atoms with Gasteiger partial charge in [0.25, 0.3) is 0 Å². The van der Waals surface area contributed by atoms with E-state index in [0.717, 1.165) is 0 Å². The van der Waals surface area contributed by atoms with Crippen LogP contribution in [0.1, 0.15) is 23.2 Å². The summed E-state index contributed by atoms with van der Waals surface area (Å²) in [4.78, 5) is 61.3. The number of carbonyl (C=O) groups is 5. The maximum absolute atomic E-state index is 12.0. The summed E-state index contributed by atoms with van der Waals surface area (Å²) < 4.78 is 0. The number of benzene rings is 1. The zero-order chi connectivity index (χ0) is 20.2. The molecule has 146 valence electrons. The standard InChI is InChI=1S/C16H19N3O8/c20-12(17-8-13(21)22)7-6-11(15(25)18-9-14(23)24)19-27-16(26)10-4-2-1-3-5-10/h1-5,11,19H,6-9H2,(H,17,20)(H,18,25)(H,21,22)(H,23,24)/t11-/m0/s1. The third-order valence-electron chi connectivity index (χ3n) is 3.13. The minimum absolute atomic E-state index is 0.168. The third kappa shape index (κ3) is 8.97. The van der Waals surface area contributed by atoms with Gasteiger partial charge in [-0.05, 0) is 18.6 Å². The number of amides is 2. The minimum atomic E-state index is -1.28. The lowest BCUT2D eigenvalue weighted by Crippen LogP contribution is -2.47. The molecule has 11 nitrogen and oxygen atoms in total. The van der Waals surface area contributed by atoms with Gasteiger partial charge in [0.15, 0.2) is 0 Å². The monoisotopic (exact) mass is 381 g/mol. The van der Waals surface area contributed by atoms with Gasteiger partial charge in [-0.2, -0.15) is 0 Å². The first-order chi connectivity index (χ1) is 12.8. The predicted molar refractivity (Wildman–Crippen MR) is 89.3 cm³/mol.